The van der Waals surface area contributed by atoms with Gasteiger partial charge < -0.3 is 8.85 Å². The molecule has 0 saturated heterocycles. The summed E-state index contributed by atoms with van der Waals surface area (Å²) in [6.07, 6.45) is 11.5. The lowest BCUT2D eigenvalue weighted by Gasteiger charge is -2.51. The molecule has 0 aliphatic heterocycles. The van der Waals surface area contributed by atoms with Gasteiger partial charge in [-0.25, -0.2) is 0 Å². The molecular weight excluding hydrogens is 324 g/mol. The van der Waals surface area contributed by atoms with E-state index in [1.165, 1.54) is 51.4 Å². The molecule has 6 unspecified atom stereocenters. The Balaban J connectivity index is 1.73. The van der Waals surface area contributed by atoms with Gasteiger partial charge in [0.05, 0.1) is 11.2 Å². The maximum absolute atomic E-state index is 7.19. The molecule has 0 aromatic heterocycles. The van der Waals surface area contributed by atoms with Crippen molar-refractivity contribution in [1.82, 2.24) is 0 Å². The average Bonchev–Trinajstić information content (AvgIpc) is 3.23. The SMILES string of the molecule is CC(C)(C)O[Si](OC(C)(C)C)(C1CC2CCC1C2)C1CC2CCC1C2. The number of rotatable bonds is 4. The van der Waals surface area contributed by atoms with E-state index in [1.54, 1.807) is 0 Å². The van der Waals surface area contributed by atoms with E-state index in [0.717, 1.165) is 34.8 Å². The van der Waals surface area contributed by atoms with Gasteiger partial charge in [0.15, 0.2) is 0 Å². The maximum Gasteiger partial charge on any atom is 0.345 e. The van der Waals surface area contributed by atoms with Crippen molar-refractivity contribution in [2.24, 2.45) is 23.7 Å². The first-order chi connectivity index (χ1) is 11.6. The first-order valence-electron chi connectivity index (χ1n) is 11.0. The molecule has 4 aliphatic rings. The fourth-order valence-corrected chi connectivity index (χ4v) is 13.4. The summed E-state index contributed by atoms with van der Waals surface area (Å²) in [5.41, 5.74) is 1.30. The molecule has 4 fully saturated rings. The molecule has 25 heavy (non-hydrogen) atoms. The highest BCUT2D eigenvalue weighted by Gasteiger charge is 2.65. The van der Waals surface area contributed by atoms with Gasteiger partial charge in [-0.3, -0.25) is 0 Å². The third-order valence-corrected chi connectivity index (χ3v) is 12.8. The molecule has 0 heterocycles. The lowest BCUT2D eigenvalue weighted by Crippen LogP contribution is -2.60. The van der Waals surface area contributed by atoms with Gasteiger partial charge in [0, 0.05) is 11.1 Å². The summed E-state index contributed by atoms with van der Waals surface area (Å²) >= 11 is 0. The molecule has 0 aromatic carbocycles. The zero-order valence-electron chi connectivity index (χ0n) is 17.4. The van der Waals surface area contributed by atoms with E-state index >= 15 is 0 Å². The van der Waals surface area contributed by atoms with Crippen LogP contribution in [0.5, 0.6) is 0 Å². The second-order valence-electron chi connectivity index (χ2n) is 11.7. The van der Waals surface area contributed by atoms with E-state index in [1.807, 2.05) is 0 Å². The van der Waals surface area contributed by atoms with E-state index < -0.39 is 8.56 Å². The molecule has 0 radical (unpaired) electrons. The molecule has 4 saturated carbocycles. The monoisotopic (exact) mass is 364 g/mol. The van der Waals surface area contributed by atoms with Crippen LogP contribution in [-0.2, 0) is 8.85 Å². The number of hydrogen-bond acceptors (Lipinski definition) is 2. The van der Waals surface area contributed by atoms with Gasteiger partial charge in [-0.15, -0.1) is 0 Å². The Morgan fingerprint density at radius 1 is 0.600 bits per heavy atom. The third-order valence-electron chi connectivity index (χ3n) is 7.44. The van der Waals surface area contributed by atoms with Crippen molar-refractivity contribution >= 4 is 8.56 Å². The van der Waals surface area contributed by atoms with Gasteiger partial charge in [-0.1, -0.05) is 25.7 Å². The van der Waals surface area contributed by atoms with Gasteiger partial charge in [0.1, 0.15) is 0 Å². The van der Waals surface area contributed by atoms with E-state index in [4.69, 9.17) is 8.85 Å². The minimum Gasteiger partial charge on any atom is -0.389 e. The van der Waals surface area contributed by atoms with Crippen LogP contribution in [0.15, 0.2) is 0 Å². The van der Waals surface area contributed by atoms with Crippen LogP contribution < -0.4 is 0 Å². The van der Waals surface area contributed by atoms with Crippen LogP contribution >= 0.6 is 0 Å². The molecule has 0 spiro atoms. The molecule has 144 valence electrons. The standard InChI is InChI=1S/C22H40O2Si/c1-21(2,3)23-25(24-22(4,5)6,19-13-15-7-9-17(19)11-15)20-14-16-8-10-18(20)12-16/h15-20H,7-14H2,1-6H3. The first kappa shape index (κ1) is 18.5. The van der Waals surface area contributed by atoms with Crippen LogP contribution in [0.3, 0.4) is 0 Å². The zero-order valence-corrected chi connectivity index (χ0v) is 18.4. The summed E-state index contributed by atoms with van der Waals surface area (Å²) < 4.78 is 14.4. The summed E-state index contributed by atoms with van der Waals surface area (Å²) in [5.74, 6) is 3.71. The van der Waals surface area contributed by atoms with Crippen LogP contribution in [0.2, 0.25) is 11.1 Å². The van der Waals surface area contributed by atoms with E-state index in [9.17, 15) is 0 Å². The maximum atomic E-state index is 7.19. The summed E-state index contributed by atoms with van der Waals surface area (Å²) in [5, 5.41) is 0. The van der Waals surface area contributed by atoms with Crippen LogP contribution in [0.25, 0.3) is 0 Å². The van der Waals surface area contributed by atoms with Gasteiger partial charge >= 0.3 is 8.56 Å². The predicted octanol–water partition coefficient (Wildman–Crippen LogP) is 6.44. The molecule has 4 bridgehead atoms. The highest BCUT2D eigenvalue weighted by molar-refractivity contribution is 6.71. The van der Waals surface area contributed by atoms with Gasteiger partial charge in [-0.05, 0) is 90.9 Å². The minimum atomic E-state index is -2.31. The first-order valence-corrected chi connectivity index (χ1v) is 12.9. The van der Waals surface area contributed by atoms with Gasteiger partial charge in [0.25, 0.3) is 0 Å². The fraction of sp³-hybridized carbons (Fsp3) is 1.00. The highest BCUT2D eigenvalue weighted by atomic mass is 28.4. The van der Waals surface area contributed by atoms with E-state index in [0.29, 0.717) is 0 Å². The molecule has 6 atom stereocenters. The quantitative estimate of drug-likeness (QED) is 0.534. The Labute approximate surface area is 156 Å². The van der Waals surface area contributed by atoms with Crippen molar-refractivity contribution in [3.05, 3.63) is 0 Å². The third kappa shape index (κ3) is 3.50. The number of fused-ring (bicyclic) bond motifs is 4. The Morgan fingerprint density at radius 3 is 1.24 bits per heavy atom. The Kier molecular flexibility index (Phi) is 4.49. The van der Waals surface area contributed by atoms with Crippen molar-refractivity contribution in [3.8, 4) is 0 Å². The van der Waals surface area contributed by atoms with Gasteiger partial charge in [0.2, 0.25) is 0 Å². The zero-order chi connectivity index (χ0) is 18.0. The predicted molar refractivity (Wildman–Crippen MR) is 106 cm³/mol. The number of hydrogen-bond donors (Lipinski definition) is 0. The van der Waals surface area contributed by atoms with Crippen LogP contribution in [0.1, 0.15) is 92.9 Å². The smallest absolute Gasteiger partial charge is 0.345 e. The lowest BCUT2D eigenvalue weighted by atomic mass is 9.99. The second kappa shape index (κ2) is 6.07. The van der Waals surface area contributed by atoms with E-state index in [2.05, 4.69) is 41.5 Å². The lowest BCUT2D eigenvalue weighted by molar-refractivity contribution is -0.00458. The van der Waals surface area contributed by atoms with Crippen LogP contribution in [-0.4, -0.2) is 19.8 Å². The van der Waals surface area contributed by atoms with Crippen LogP contribution in [0.4, 0.5) is 0 Å². The van der Waals surface area contributed by atoms with Crippen LogP contribution in [0, 0.1) is 23.7 Å². The molecule has 0 N–H and O–H groups in total. The molecule has 2 nitrogen and oxygen atoms in total. The summed E-state index contributed by atoms with van der Waals surface area (Å²) in [4.78, 5) is 0. The Hall–Kier alpha value is 0.137. The molecule has 3 heteroatoms. The molecular formula is C22H40O2Si. The molecule has 0 amide bonds. The Bertz CT molecular complexity index is 457. The van der Waals surface area contributed by atoms with Crippen molar-refractivity contribution in [2.45, 2.75) is 115 Å². The molecule has 0 aromatic rings. The molecule has 4 rings (SSSR count). The summed E-state index contributed by atoms with van der Waals surface area (Å²) in [6.45, 7) is 13.6. The normalized spacial score (nSPS) is 41.0. The fourth-order valence-electron chi connectivity index (χ4n) is 7.03. The minimum absolute atomic E-state index is 0.0961. The second-order valence-corrected chi connectivity index (χ2v) is 15.0. The summed E-state index contributed by atoms with van der Waals surface area (Å²) in [7, 11) is -2.31. The van der Waals surface area contributed by atoms with Crippen molar-refractivity contribution in [1.29, 1.82) is 0 Å². The molecule has 4 aliphatic carbocycles. The average molecular weight is 365 g/mol. The Morgan fingerprint density at radius 2 is 1.00 bits per heavy atom. The van der Waals surface area contributed by atoms with Crippen molar-refractivity contribution < 1.29 is 8.85 Å². The van der Waals surface area contributed by atoms with Gasteiger partial charge in [-0.2, -0.15) is 0 Å². The van der Waals surface area contributed by atoms with Crippen molar-refractivity contribution in [3.63, 3.8) is 0 Å². The summed E-state index contributed by atoms with van der Waals surface area (Å²) in [6, 6.07) is 0. The van der Waals surface area contributed by atoms with E-state index in [-0.39, 0.29) is 11.2 Å². The topological polar surface area (TPSA) is 18.5 Å². The largest absolute Gasteiger partial charge is 0.389 e. The highest BCUT2D eigenvalue weighted by Crippen LogP contribution is 2.65. The van der Waals surface area contributed by atoms with Crippen molar-refractivity contribution in [2.75, 3.05) is 0 Å².